The van der Waals surface area contributed by atoms with Gasteiger partial charge in [0.15, 0.2) is 0 Å². The molecule has 0 bridgehead atoms. The van der Waals surface area contributed by atoms with Gasteiger partial charge >= 0.3 is 0 Å². The van der Waals surface area contributed by atoms with E-state index in [1.54, 1.807) is 5.01 Å². The summed E-state index contributed by atoms with van der Waals surface area (Å²) < 4.78 is 0. The lowest BCUT2D eigenvalue weighted by Crippen LogP contribution is -2.26. The maximum atomic E-state index is 12.3. The minimum Gasteiger partial charge on any atom is -0.273 e. The fraction of sp³-hybridized carbons (Fsp3) is 0.273. The number of hydrogen-bond donors (Lipinski definition) is 0. The average Bonchev–Trinajstić information content (AvgIpc) is 3.05. The Kier molecular flexibility index (Phi) is 5.13. The zero-order valence-corrected chi connectivity index (χ0v) is 15.1. The molecule has 2 aromatic carbocycles. The molecule has 25 heavy (non-hydrogen) atoms. The van der Waals surface area contributed by atoms with E-state index in [0.717, 1.165) is 23.3 Å². The number of hydrogen-bond acceptors (Lipinski definition) is 2. The zero-order valence-electron chi connectivity index (χ0n) is 15.1. The summed E-state index contributed by atoms with van der Waals surface area (Å²) in [5.74, 6) is 0.0595. The van der Waals surface area contributed by atoms with E-state index >= 15 is 0 Å². The third-order valence-corrected chi connectivity index (χ3v) is 4.50. The van der Waals surface area contributed by atoms with Crippen LogP contribution in [0.3, 0.4) is 0 Å². The lowest BCUT2D eigenvalue weighted by Gasteiger charge is -2.21. The van der Waals surface area contributed by atoms with Gasteiger partial charge in [0.1, 0.15) is 0 Å². The Morgan fingerprint density at radius 2 is 1.64 bits per heavy atom. The normalized spacial score (nSPS) is 17.2. The molecule has 0 aromatic heterocycles. The standard InChI is InChI=1S/C22H24N2O/c1-4-22(25)24-21(19-12-7-17(3)8-13-19)15-20(23-24)14-11-18-9-5-16(2)6-10-18/h5-14,21H,4,15H2,1-3H3/b14-11+. The van der Waals surface area contributed by atoms with Crippen molar-refractivity contribution in [1.82, 2.24) is 5.01 Å². The van der Waals surface area contributed by atoms with E-state index in [1.807, 2.05) is 13.0 Å². The van der Waals surface area contributed by atoms with Crippen LogP contribution in [0.15, 0.2) is 59.7 Å². The van der Waals surface area contributed by atoms with Gasteiger partial charge in [-0.1, -0.05) is 72.7 Å². The highest BCUT2D eigenvalue weighted by molar-refractivity contribution is 6.01. The lowest BCUT2D eigenvalue weighted by atomic mass is 10.00. The minimum atomic E-state index is -0.00859. The monoisotopic (exact) mass is 332 g/mol. The molecule has 1 aliphatic rings. The van der Waals surface area contributed by atoms with Gasteiger partial charge in [0, 0.05) is 12.8 Å². The fourth-order valence-electron chi connectivity index (χ4n) is 2.94. The topological polar surface area (TPSA) is 32.7 Å². The molecule has 1 heterocycles. The Hall–Kier alpha value is -2.68. The largest absolute Gasteiger partial charge is 0.273 e. The molecule has 1 aliphatic heterocycles. The Morgan fingerprint density at radius 3 is 2.24 bits per heavy atom. The molecule has 0 spiro atoms. The molecule has 0 saturated heterocycles. The molecule has 0 N–H and O–H groups in total. The molecule has 3 rings (SSSR count). The van der Waals surface area contributed by atoms with E-state index in [0.29, 0.717) is 6.42 Å². The summed E-state index contributed by atoms with van der Waals surface area (Å²) in [4.78, 5) is 12.3. The second-order valence-corrected chi connectivity index (χ2v) is 6.56. The van der Waals surface area contributed by atoms with Crippen molar-refractivity contribution < 1.29 is 4.79 Å². The van der Waals surface area contributed by atoms with Crippen LogP contribution in [0.4, 0.5) is 0 Å². The zero-order chi connectivity index (χ0) is 17.8. The Morgan fingerprint density at radius 1 is 1.04 bits per heavy atom. The van der Waals surface area contributed by atoms with Crippen molar-refractivity contribution in [1.29, 1.82) is 0 Å². The van der Waals surface area contributed by atoms with Gasteiger partial charge in [-0.2, -0.15) is 5.10 Å². The van der Waals surface area contributed by atoms with Crippen molar-refractivity contribution in [2.75, 3.05) is 0 Å². The summed E-state index contributed by atoms with van der Waals surface area (Å²) in [7, 11) is 0. The number of benzene rings is 2. The minimum absolute atomic E-state index is 0.00859. The highest BCUT2D eigenvalue weighted by atomic mass is 16.2. The molecular formula is C22H24N2O. The number of carbonyl (C=O) groups excluding carboxylic acids is 1. The van der Waals surface area contributed by atoms with Gasteiger partial charge in [0.2, 0.25) is 5.91 Å². The van der Waals surface area contributed by atoms with Gasteiger partial charge in [-0.05, 0) is 31.1 Å². The van der Waals surface area contributed by atoms with E-state index in [4.69, 9.17) is 0 Å². The average molecular weight is 332 g/mol. The highest BCUT2D eigenvalue weighted by Crippen LogP contribution is 2.32. The Labute approximate surface area is 149 Å². The van der Waals surface area contributed by atoms with Crippen molar-refractivity contribution in [3.05, 3.63) is 76.9 Å². The number of aryl methyl sites for hydroxylation is 2. The van der Waals surface area contributed by atoms with Crippen LogP contribution in [-0.4, -0.2) is 16.6 Å². The van der Waals surface area contributed by atoms with Gasteiger partial charge in [-0.3, -0.25) is 4.79 Å². The lowest BCUT2D eigenvalue weighted by molar-refractivity contribution is -0.132. The molecule has 0 saturated carbocycles. The molecule has 0 fully saturated rings. The molecule has 128 valence electrons. The second kappa shape index (κ2) is 7.47. The van der Waals surface area contributed by atoms with E-state index < -0.39 is 0 Å². The Bertz CT molecular complexity index is 801. The first kappa shape index (κ1) is 17.2. The van der Waals surface area contributed by atoms with E-state index in [9.17, 15) is 4.79 Å². The predicted molar refractivity (Wildman–Crippen MR) is 103 cm³/mol. The second-order valence-electron chi connectivity index (χ2n) is 6.56. The fourth-order valence-corrected chi connectivity index (χ4v) is 2.94. The van der Waals surface area contributed by atoms with Gasteiger partial charge in [-0.25, -0.2) is 5.01 Å². The maximum absolute atomic E-state index is 12.3. The number of hydrazone groups is 1. The summed E-state index contributed by atoms with van der Waals surface area (Å²) in [6.45, 7) is 6.03. The van der Waals surface area contributed by atoms with Crippen LogP contribution in [-0.2, 0) is 4.79 Å². The molecule has 1 amide bonds. The molecule has 1 unspecified atom stereocenters. The summed E-state index contributed by atoms with van der Waals surface area (Å²) in [6.07, 6.45) is 5.29. The third-order valence-electron chi connectivity index (χ3n) is 4.50. The van der Waals surface area contributed by atoms with Crippen molar-refractivity contribution >= 4 is 17.7 Å². The van der Waals surface area contributed by atoms with Crippen LogP contribution in [0.5, 0.6) is 0 Å². The number of nitrogens with zero attached hydrogens (tertiary/aromatic N) is 2. The third kappa shape index (κ3) is 4.05. The quantitative estimate of drug-likeness (QED) is 0.770. The maximum Gasteiger partial charge on any atom is 0.242 e. The molecular weight excluding hydrogens is 308 g/mol. The van der Waals surface area contributed by atoms with E-state index in [2.05, 4.69) is 73.6 Å². The van der Waals surface area contributed by atoms with Gasteiger partial charge in [0.05, 0.1) is 11.8 Å². The Balaban J connectivity index is 1.82. The number of carbonyl (C=O) groups is 1. The highest BCUT2D eigenvalue weighted by Gasteiger charge is 2.30. The van der Waals surface area contributed by atoms with Crippen LogP contribution >= 0.6 is 0 Å². The van der Waals surface area contributed by atoms with Gasteiger partial charge < -0.3 is 0 Å². The molecule has 3 nitrogen and oxygen atoms in total. The van der Waals surface area contributed by atoms with E-state index in [-0.39, 0.29) is 11.9 Å². The summed E-state index contributed by atoms with van der Waals surface area (Å²) in [5, 5.41) is 6.24. The first-order valence-corrected chi connectivity index (χ1v) is 8.77. The summed E-state index contributed by atoms with van der Waals surface area (Å²) >= 11 is 0. The van der Waals surface area contributed by atoms with Crippen molar-refractivity contribution in [3.63, 3.8) is 0 Å². The molecule has 0 radical (unpaired) electrons. The van der Waals surface area contributed by atoms with Crippen molar-refractivity contribution in [2.45, 2.75) is 39.7 Å². The first-order valence-electron chi connectivity index (χ1n) is 8.77. The summed E-state index contributed by atoms with van der Waals surface area (Å²) in [6, 6.07) is 16.7. The van der Waals surface area contributed by atoms with Crippen molar-refractivity contribution in [3.8, 4) is 0 Å². The van der Waals surface area contributed by atoms with Crippen LogP contribution in [0.25, 0.3) is 6.08 Å². The molecule has 0 aliphatic carbocycles. The van der Waals surface area contributed by atoms with Crippen molar-refractivity contribution in [2.24, 2.45) is 5.10 Å². The molecule has 2 aromatic rings. The number of amides is 1. The van der Waals surface area contributed by atoms with Crippen LogP contribution in [0.2, 0.25) is 0 Å². The predicted octanol–water partition coefficient (Wildman–Crippen LogP) is 5.06. The van der Waals surface area contributed by atoms with Crippen LogP contribution < -0.4 is 0 Å². The first-order chi connectivity index (χ1) is 12.1. The van der Waals surface area contributed by atoms with Crippen LogP contribution in [0.1, 0.15) is 48.1 Å². The van der Waals surface area contributed by atoms with Gasteiger partial charge in [0.25, 0.3) is 0 Å². The molecule has 1 atom stereocenters. The van der Waals surface area contributed by atoms with Crippen LogP contribution in [0, 0.1) is 13.8 Å². The number of rotatable bonds is 4. The van der Waals surface area contributed by atoms with Gasteiger partial charge in [-0.15, -0.1) is 0 Å². The summed E-state index contributed by atoms with van der Waals surface area (Å²) in [5.41, 5.74) is 5.67. The number of allylic oxidation sites excluding steroid dienone is 1. The smallest absolute Gasteiger partial charge is 0.242 e. The SMILES string of the molecule is CCC(=O)N1N=C(/C=C/c2ccc(C)cc2)CC1c1ccc(C)cc1. The van der Waals surface area contributed by atoms with E-state index in [1.165, 1.54) is 11.1 Å². The molecule has 3 heteroatoms.